The highest BCUT2D eigenvalue weighted by Crippen LogP contribution is 1.96. The van der Waals surface area contributed by atoms with Crippen LogP contribution in [0.4, 0.5) is 4.39 Å². The summed E-state index contributed by atoms with van der Waals surface area (Å²) in [5, 5.41) is 0. The Morgan fingerprint density at radius 2 is 1.91 bits per heavy atom. The Labute approximate surface area is 67.9 Å². The van der Waals surface area contributed by atoms with Gasteiger partial charge >= 0.3 is 0 Å². The number of hydrogen-bond acceptors (Lipinski definition) is 1. The van der Waals surface area contributed by atoms with Gasteiger partial charge in [0.25, 0.3) is 0 Å². The van der Waals surface area contributed by atoms with Gasteiger partial charge in [0.2, 0.25) is 0 Å². The smallest absolute Gasteiger partial charge is 0.122 e. The van der Waals surface area contributed by atoms with Crippen molar-refractivity contribution in [2.24, 2.45) is 0 Å². The van der Waals surface area contributed by atoms with E-state index in [-0.39, 0.29) is 5.83 Å². The predicted octanol–water partition coefficient (Wildman–Crippen LogP) is 2.86. The van der Waals surface area contributed by atoms with Crippen LogP contribution in [0.3, 0.4) is 0 Å². The molecule has 0 aliphatic rings. The summed E-state index contributed by atoms with van der Waals surface area (Å²) in [4.78, 5) is 0. The van der Waals surface area contributed by atoms with E-state index in [0.717, 1.165) is 0 Å². The minimum Gasteiger partial charge on any atom is -0.388 e. The lowest BCUT2D eigenvalue weighted by Gasteiger charge is -1.77. The van der Waals surface area contributed by atoms with Crippen LogP contribution < -0.4 is 0 Å². The highest BCUT2D eigenvalue weighted by atomic mass is 19.1. The number of methoxy groups -OCH3 is 1. The minimum absolute atomic E-state index is 0.262. The Hall–Kier alpha value is -0.890. The molecule has 64 valence electrons. The third-order valence-electron chi connectivity index (χ3n) is 0.603. The fraction of sp³-hybridized carbons (Fsp3) is 0.333. The molecule has 0 aromatic heterocycles. The molecule has 0 fully saturated rings. The van der Waals surface area contributed by atoms with Crippen LogP contribution in [0.1, 0.15) is 6.92 Å². The molecule has 0 atom stereocenters. The number of halogens is 1. The summed E-state index contributed by atoms with van der Waals surface area (Å²) >= 11 is 0. The highest BCUT2D eigenvalue weighted by Gasteiger charge is 1.77. The van der Waals surface area contributed by atoms with Crippen molar-refractivity contribution in [3.05, 3.63) is 36.7 Å². The molecule has 0 bridgehead atoms. The lowest BCUT2D eigenvalue weighted by atomic mass is 10.4. The molecule has 11 heavy (non-hydrogen) atoms. The second-order valence-corrected chi connectivity index (χ2v) is 1.70. The van der Waals surface area contributed by atoms with E-state index >= 15 is 0 Å². The maximum absolute atomic E-state index is 12.1. The second kappa shape index (κ2) is 11.9. The van der Waals surface area contributed by atoms with E-state index in [9.17, 15) is 4.39 Å². The fourth-order valence-corrected chi connectivity index (χ4v) is 0.327. The van der Waals surface area contributed by atoms with Gasteiger partial charge in [-0.2, -0.15) is 0 Å². The number of hydrogen-bond donors (Lipinski definition) is 0. The van der Waals surface area contributed by atoms with E-state index in [4.69, 9.17) is 0 Å². The Balaban J connectivity index is 0. The summed E-state index contributed by atoms with van der Waals surface area (Å²) < 4.78 is 16.4. The van der Waals surface area contributed by atoms with Crippen molar-refractivity contribution in [3.8, 4) is 0 Å². The van der Waals surface area contributed by atoms with E-state index in [1.54, 1.807) is 27.2 Å². The van der Waals surface area contributed by atoms with Crippen LogP contribution in [-0.4, -0.2) is 14.2 Å². The van der Waals surface area contributed by atoms with Crippen molar-refractivity contribution < 1.29 is 9.13 Å². The largest absolute Gasteiger partial charge is 0.388 e. The molecular weight excluding hydrogens is 143 g/mol. The maximum Gasteiger partial charge on any atom is 0.122 e. The lowest BCUT2D eigenvalue weighted by molar-refractivity contribution is 0.277. The van der Waals surface area contributed by atoms with Gasteiger partial charge in [-0.3, -0.25) is 0 Å². The zero-order chi connectivity index (χ0) is 9.11. The molecule has 0 aliphatic heterocycles. The summed E-state index contributed by atoms with van der Waals surface area (Å²) in [7, 11) is 3.25. The van der Waals surface area contributed by atoms with Crippen molar-refractivity contribution in [2.75, 3.05) is 14.2 Å². The Kier molecular flexibility index (Phi) is 13.7. The minimum atomic E-state index is -0.262. The standard InChI is InChI=1S/C7H9F.C2H6O/c1-3-5-7(8)6-4-2;1-3-2/h3-6H,1H2,2H3;1-2H3/b6-4-,7-5+;. The van der Waals surface area contributed by atoms with Gasteiger partial charge < -0.3 is 4.74 Å². The summed E-state index contributed by atoms with van der Waals surface area (Å²) in [6.07, 6.45) is 5.73. The van der Waals surface area contributed by atoms with Crippen molar-refractivity contribution in [1.82, 2.24) is 0 Å². The van der Waals surface area contributed by atoms with Crippen molar-refractivity contribution in [3.63, 3.8) is 0 Å². The number of allylic oxidation sites excluding steroid dienone is 5. The molecule has 0 N–H and O–H groups in total. The van der Waals surface area contributed by atoms with Gasteiger partial charge in [-0.15, -0.1) is 0 Å². The third kappa shape index (κ3) is 17.6. The van der Waals surface area contributed by atoms with Gasteiger partial charge in [0, 0.05) is 14.2 Å². The Morgan fingerprint density at radius 3 is 2.18 bits per heavy atom. The van der Waals surface area contributed by atoms with Gasteiger partial charge in [-0.1, -0.05) is 18.7 Å². The third-order valence-corrected chi connectivity index (χ3v) is 0.603. The van der Waals surface area contributed by atoms with Crippen LogP contribution >= 0.6 is 0 Å². The molecule has 0 heterocycles. The second-order valence-electron chi connectivity index (χ2n) is 1.70. The highest BCUT2D eigenvalue weighted by molar-refractivity contribution is 5.15. The summed E-state index contributed by atoms with van der Waals surface area (Å²) in [6.45, 7) is 5.09. The van der Waals surface area contributed by atoms with Crippen LogP contribution in [0.15, 0.2) is 36.7 Å². The molecule has 0 unspecified atom stereocenters. The van der Waals surface area contributed by atoms with Gasteiger partial charge in [0.05, 0.1) is 0 Å². The molecule has 0 spiro atoms. The zero-order valence-electron chi connectivity index (χ0n) is 7.30. The molecular formula is C9H15FO. The summed E-state index contributed by atoms with van der Waals surface area (Å²) in [6, 6.07) is 0. The normalized spacial score (nSPS) is 10.7. The summed E-state index contributed by atoms with van der Waals surface area (Å²) in [5.41, 5.74) is 0. The van der Waals surface area contributed by atoms with Crippen LogP contribution in [0.2, 0.25) is 0 Å². The fourth-order valence-electron chi connectivity index (χ4n) is 0.327. The number of rotatable bonds is 2. The SMILES string of the molecule is C=C/C=C(F)\C=C/C.COC. The van der Waals surface area contributed by atoms with Crippen LogP contribution in [0.25, 0.3) is 0 Å². The molecule has 0 saturated heterocycles. The lowest BCUT2D eigenvalue weighted by Crippen LogP contribution is -1.58. The first-order valence-corrected chi connectivity index (χ1v) is 3.24. The quantitative estimate of drug-likeness (QED) is 0.561. The van der Waals surface area contributed by atoms with E-state index in [1.165, 1.54) is 18.2 Å². The van der Waals surface area contributed by atoms with Gasteiger partial charge in [0.1, 0.15) is 5.83 Å². The first kappa shape index (κ1) is 12.8. The molecule has 0 aromatic carbocycles. The number of ether oxygens (including phenoxy) is 1. The Morgan fingerprint density at radius 1 is 1.45 bits per heavy atom. The first-order chi connectivity index (χ1) is 5.22. The van der Waals surface area contributed by atoms with Crippen LogP contribution in [0, 0.1) is 0 Å². The van der Waals surface area contributed by atoms with E-state index in [2.05, 4.69) is 11.3 Å². The molecule has 0 aliphatic carbocycles. The molecule has 0 radical (unpaired) electrons. The molecule has 0 rings (SSSR count). The monoisotopic (exact) mass is 158 g/mol. The maximum atomic E-state index is 12.1. The first-order valence-electron chi connectivity index (χ1n) is 3.24. The molecule has 0 amide bonds. The van der Waals surface area contributed by atoms with E-state index in [0.29, 0.717) is 0 Å². The van der Waals surface area contributed by atoms with Crippen molar-refractivity contribution in [2.45, 2.75) is 6.92 Å². The molecule has 2 heteroatoms. The average Bonchev–Trinajstić information content (AvgIpc) is 1.90. The molecule has 1 nitrogen and oxygen atoms in total. The van der Waals surface area contributed by atoms with Crippen molar-refractivity contribution >= 4 is 0 Å². The topological polar surface area (TPSA) is 9.23 Å². The van der Waals surface area contributed by atoms with E-state index < -0.39 is 0 Å². The predicted molar refractivity (Wildman–Crippen MR) is 47.1 cm³/mol. The van der Waals surface area contributed by atoms with Crippen LogP contribution in [0.5, 0.6) is 0 Å². The summed E-state index contributed by atoms with van der Waals surface area (Å²) in [5.74, 6) is -0.262. The Bertz CT molecular complexity index is 136. The van der Waals surface area contributed by atoms with E-state index in [1.807, 2.05) is 0 Å². The average molecular weight is 158 g/mol. The van der Waals surface area contributed by atoms with Gasteiger partial charge in [-0.05, 0) is 19.1 Å². The molecule has 0 aromatic rings. The van der Waals surface area contributed by atoms with Gasteiger partial charge in [-0.25, -0.2) is 4.39 Å². The van der Waals surface area contributed by atoms with Gasteiger partial charge in [0.15, 0.2) is 0 Å². The van der Waals surface area contributed by atoms with Crippen LogP contribution in [-0.2, 0) is 4.74 Å². The van der Waals surface area contributed by atoms with Crippen molar-refractivity contribution in [1.29, 1.82) is 0 Å². The molecule has 0 saturated carbocycles. The zero-order valence-corrected chi connectivity index (χ0v) is 7.30.